The molecule has 0 saturated carbocycles. The van der Waals surface area contributed by atoms with Gasteiger partial charge in [0.05, 0.1) is 12.1 Å². The maximum absolute atomic E-state index is 10.6. The van der Waals surface area contributed by atoms with Crippen LogP contribution in [0.15, 0.2) is 0 Å². The number of aromatic nitrogens is 2. The van der Waals surface area contributed by atoms with Gasteiger partial charge in [0.25, 0.3) is 0 Å². The summed E-state index contributed by atoms with van der Waals surface area (Å²) in [5, 5.41) is 15.9. The number of aromatic amines is 1. The molecule has 2 heterocycles. The third-order valence-electron chi connectivity index (χ3n) is 3.28. The summed E-state index contributed by atoms with van der Waals surface area (Å²) in [5.74, 6) is -0.310. The lowest BCUT2D eigenvalue weighted by Gasteiger charge is -2.22. The van der Waals surface area contributed by atoms with Crippen LogP contribution >= 0.6 is 0 Å². The van der Waals surface area contributed by atoms with Crippen LogP contribution in [0, 0.1) is 6.92 Å². The summed E-state index contributed by atoms with van der Waals surface area (Å²) >= 11 is 0. The van der Waals surface area contributed by atoms with Crippen molar-refractivity contribution < 1.29 is 14.6 Å². The van der Waals surface area contributed by atoms with Crippen molar-refractivity contribution in [2.24, 2.45) is 0 Å². The molecule has 1 aromatic heterocycles. The van der Waals surface area contributed by atoms with Gasteiger partial charge in [0, 0.05) is 25.3 Å². The van der Waals surface area contributed by atoms with Gasteiger partial charge >= 0.3 is 5.97 Å². The first-order chi connectivity index (χ1) is 8.18. The molecule has 1 fully saturated rings. The second-order valence-corrected chi connectivity index (χ2v) is 4.49. The fraction of sp³-hybridized carbons (Fsp3) is 0.667. The highest BCUT2D eigenvalue weighted by Gasteiger charge is 2.23. The van der Waals surface area contributed by atoms with Gasteiger partial charge in [0.2, 0.25) is 0 Å². The van der Waals surface area contributed by atoms with Gasteiger partial charge in [-0.2, -0.15) is 5.10 Å². The number of carboxylic acids is 1. The molecule has 17 heavy (non-hydrogen) atoms. The highest BCUT2D eigenvalue weighted by Crippen LogP contribution is 2.31. The number of H-pyrrole nitrogens is 1. The van der Waals surface area contributed by atoms with Crippen LogP contribution in [0.3, 0.4) is 0 Å². The minimum absolute atomic E-state index is 0.139. The van der Waals surface area contributed by atoms with Crippen LogP contribution in [0.2, 0.25) is 0 Å². The Morgan fingerprint density at radius 1 is 1.53 bits per heavy atom. The predicted molar refractivity (Wildman–Crippen MR) is 62.1 cm³/mol. The zero-order chi connectivity index (χ0) is 12.3. The Morgan fingerprint density at radius 3 is 2.88 bits per heavy atom. The van der Waals surface area contributed by atoms with Crippen molar-refractivity contribution in [3.63, 3.8) is 0 Å². The Kier molecular flexibility index (Phi) is 3.78. The minimum Gasteiger partial charge on any atom is -0.481 e. The fourth-order valence-corrected chi connectivity index (χ4v) is 2.43. The number of nitrogens with one attached hydrogen (secondary N) is 1. The molecule has 1 aromatic rings. The van der Waals surface area contributed by atoms with Crippen molar-refractivity contribution in [2.45, 2.75) is 38.5 Å². The van der Waals surface area contributed by atoms with E-state index in [2.05, 4.69) is 10.2 Å². The maximum atomic E-state index is 10.6. The van der Waals surface area contributed by atoms with Crippen LogP contribution in [-0.2, 0) is 16.0 Å². The fourth-order valence-electron chi connectivity index (χ4n) is 2.43. The summed E-state index contributed by atoms with van der Waals surface area (Å²) < 4.78 is 5.35. The number of aliphatic carboxylic acids is 1. The predicted octanol–water partition coefficient (Wildman–Crippen LogP) is 1.63. The third kappa shape index (κ3) is 2.85. The monoisotopic (exact) mass is 238 g/mol. The average Bonchev–Trinajstić information content (AvgIpc) is 2.69. The second-order valence-electron chi connectivity index (χ2n) is 4.49. The Labute approximate surface area is 100 Å². The van der Waals surface area contributed by atoms with E-state index in [4.69, 9.17) is 9.84 Å². The van der Waals surface area contributed by atoms with Gasteiger partial charge in [-0.25, -0.2) is 0 Å². The molecule has 0 aromatic carbocycles. The van der Waals surface area contributed by atoms with E-state index in [9.17, 15) is 4.79 Å². The smallest absolute Gasteiger partial charge is 0.303 e. The van der Waals surface area contributed by atoms with Crippen molar-refractivity contribution in [1.29, 1.82) is 0 Å². The van der Waals surface area contributed by atoms with Gasteiger partial charge in [-0.3, -0.25) is 9.89 Å². The number of carbonyl (C=O) groups is 1. The van der Waals surface area contributed by atoms with Gasteiger partial charge in [-0.15, -0.1) is 0 Å². The molecule has 1 aliphatic rings. The SMILES string of the molecule is Cc1[nH]nc(CCC(=O)O)c1C1CCOCC1. The number of nitrogens with zero attached hydrogens (tertiary/aromatic N) is 1. The van der Waals surface area contributed by atoms with E-state index in [0.717, 1.165) is 37.4 Å². The number of aryl methyl sites for hydroxylation is 2. The molecule has 0 atom stereocenters. The van der Waals surface area contributed by atoms with E-state index < -0.39 is 5.97 Å². The van der Waals surface area contributed by atoms with Gasteiger partial charge < -0.3 is 9.84 Å². The van der Waals surface area contributed by atoms with E-state index in [1.807, 2.05) is 6.92 Å². The quantitative estimate of drug-likeness (QED) is 0.836. The Balaban J connectivity index is 2.13. The van der Waals surface area contributed by atoms with Crippen molar-refractivity contribution in [1.82, 2.24) is 10.2 Å². The van der Waals surface area contributed by atoms with Crippen LogP contribution in [0.1, 0.15) is 42.1 Å². The summed E-state index contributed by atoms with van der Waals surface area (Å²) in [4.78, 5) is 10.6. The Bertz CT molecular complexity index is 394. The highest BCUT2D eigenvalue weighted by molar-refractivity contribution is 5.67. The van der Waals surface area contributed by atoms with Crippen molar-refractivity contribution >= 4 is 5.97 Å². The van der Waals surface area contributed by atoms with Crippen LogP contribution in [0.25, 0.3) is 0 Å². The molecule has 0 bridgehead atoms. The first-order valence-electron chi connectivity index (χ1n) is 6.01. The highest BCUT2D eigenvalue weighted by atomic mass is 16.5. The summed E-state index contributed by atoms with van der Waals surface area (Å²) in [7, 11) is 0. The second kappa shape index (κ2) is 5.31. The first-order valence-corrected chi connectivity index (χ1v) is 6.01. The Hall–Kier alpha value is -1.36. The molecule has 0 aliphatic carbocycles. The molecule has 0 radical (unpaired) electrons. The minimum atomic E-state index is -0.774. The van der Waals surface area contributed by atoms with Crippen LogP contribution < -0.4 is 0 Å². The van der Waals surface area contributed by atoms with Crippen molar-refractivity contribution in [3.05, 3.63) is 17.0 Å². The van der Waals surface area contributed by atoms with E-state index in [0.29, 0.717) is 12.3 Å². The average molecular weight is 238 g/mol. The molecule has 1 aliphatic heterocycles. The standard InChI is InChI=1S/C12H18N2O3/c1-8-12(9-4-6-17-7-5-9)10(14-13-8)2-3-11(15)16/h9H,2-7H2,1H3,(H,13,14)(H,15,16). The van der Waals surface area contributed by atoms with E-state index >= 15 is 0 Å². The zero-order valence-electron chi connectivity index (χ0n) is 10.0. The van der Waals surface area contributed by atoms with Gasteiger partial charge in [-0.05, 0) is 31.2 Å². The van der Waals surface area contributed by atoms with E-state index in [1.165, 1.54) is 5.56 Å². The number of hydrogen-bond acceptors (Lipinski definition) is 3. The summed E-state index contributed by atoms with van der Waals surface area (Å²) in [6.45, 7) is 3.57. The molecule has 94 valence electrons. The van der Waals surface area contributed by atoms with Crippen molar-refractivity contribution in [2.75, 3.05) is 13.2 Å². The zero-order valence-corrected chi connectivity index (χ0v) is 10.0. The molecular weight excluding hydrogens is 220 g/mol. The molecule has 0 spiro atoms. The molecule has 0 unspecified atom stereocenters. The largest absolute Gasteiger partial charge is 0.481 e. The summed E-state index contributed by atoms with van der Waals surface area (Å²) in [5.41, 5.74) is 3.20. The summed E-state index contributed by atoms with van der Waals surface area (Å²) in [6, 6.07) is 0. The van der Waals surface area contributed by atoms with Gasteiger partial charge in [0.15, 0.2) is 0 Å². The van der Waals surface area contributed by atoms with E-state index in [1.54, 1.807) is 0 Å². The first kappa shape index (κ1) is 12.1. The Morgan fingerprint density at radius 2 is 2.24 bits per heavy atom. The molecule has 0 amide bonds. The molecular formula is C12H18N2O3. The lowest BCUT2D eigenvalue weighted by molar-refractivity contribution is -0.136. The van der Waals surface area contributed by atoms with Crippen LogP contribution in [0.4, 0.5) is 0 Å². The van der Waals surface area contributed by atoms with Crippen molar-refractivity contribution in [3.8, 4) is 0 Å². The summed E-state index contributed by atoms with van der Waals surface area (Å²) in [6.07, 6.45) is 2.65. The number of carboxylic acid groups (broad SMARTS) is 1. The normalized spacial score (nSPS) is 17.2. The molecule has 2 rings (SSSR count). The molecule has 5 nitrogen and oxygen atoms in total. The third-order valence-corrected chi connectivity index (χ3v) is 3.28. The molecule has 1 saturated heterocycles. The number of rotatable bonds is 4. The number of hydrogen-bond donors (Lipinski definition) is 2. The van der Waals surface area contributed by atoms with Crippen LogP contribution in [-0.4, -0.2) is 34.5 Å². The number of ether oxygens (including phenoxy) is 1. The lowest BCUT2D eigenvalue weighted by Crippen LogP contribution is -2.16. The van der Waals surface area contributed by atoms with Gasteiger partial charge in [0.1, 0.15) is 0 Å². The lowest BCUT2D eigenvalue weighted by atomic mass is 9.89. The molecule has 2 N–H and O–H groups in total. The van der Waals surface area contributed by atoms with Crippen LogP contribution in [0.5, 0.6) is 0 Å². The van der Waals surface area contributed by atoms with E-state index in [-0.39, 0.29) is 6.42 Å². The van der Waals surface area contributed by atoms with Gasteiger partial charge in [-0.1, -0.05) is 0 Å². The maximum Gasteiger partial charge on any atom is 0.303 e. The molecule has 5 heteroatoms. The topological polar surface area (TPSA) is 75.2 Å².